The Kier molecular flexibility index (Phi) is 6.09. The van der Waals surface area contributed by atoms with Gasteiger partial charge in [0.2, 0.25) is 5.91 Å². The number of hydrogen-bond donors (Lipinski definition) is 2. The smallest absolute Gasteiger partial charge is 0.400 e. The van der Waals surface area contributed by atoms with E-state index < -0.39 is 18.3 Å². The Morgan fingerprint density at radius 1 is 1.12 bits per heavy atom. The Balaban J connectivity index is 2.25. The van der Waals surface area contributed by atoms with Crippen LogP contribution in [0.4, 0.5) is 0 Å². The maximum Gasteiger partial charge on any atom is 0.492 e. The Morgan fingerprint density at radius 2 is 1.68 bits per heavy atom. The fourth-order valence-electron chi connectivity index (χ4n) is 2.57. The van der Waals surface area contributed by atoms with Gasteiger partial charge < -0.3 is 19.9 Å². The van der Waals surface area contributed by atoms with Crippen LogP contribution < -0.4 is 10.6 Å². The van der Waals surface area contributed by atoms with Crippen LogP contribution in [0.2, 0.25) is 0 Å². The van der Waals surface area contributed by atoms with E-state index in [0.717, 1.165) is 17.6 Å². The Labute approximate surface area is 151 Å². The average molecular weight is 344 g/mol. The van der Waals surface area contributed by atoms with Crippen LogP contribution in [0.25, 0.3) is 6.08 Å². The minimum Gasteiger partial charge on any atom is -0.400 e. The molecule has 0 spiro atoms. The molecule has 1 saturated heterocycles. The average Bonchev–Trinajstić information content (AvgIpc) is 2.73. The normalized spacial score (nSPS) is 19.1. The molecular formula is C19H29BN2O3. The molecule has 25 heavy (non-hydrogen) atoms. The fraction of sp³-hybridized carbons (Fsp3) is 0.526. The second-order valence-corrected chi connectivity index (χ2v) is 7.49. The largest absolute Gasteiger partial charge is 0.492 e. The third-order valence-corrected chi connectivity index (χ3v) is 4.81. The van der Waals surface area contributed by atoms with Crippen LogP contribution in [0.5, 0.6) is 0 Å². The molecule has 0 atom stereocenters. The predicted octanol–water partition coefficient (Wildman–Crippen LogP) is 2.56. The van der Waals surface area contributed by atoms with Gasteiger partial charge in [-0.2, -0.15) is 0 Å². The van der Waals surface area contributed by atoms with Gasteiger partial charge in [0.05, 0.1) is 11.2 Å². The summed E-state index contributed by atoms with van der Waals surface area (Å²) in [6, 6.07) is 8.29. The third kappa shape index (κ3) is 4.94. The lowest BCUT2D eigenvalue weighted by Crippen LogP contribution is -2.41. The number of carbonyl (C=O) groups is 1. The summed E-state index contributed by atoms with van der Waals surface area (Å²) in [5, 5.41) is 5.99. The zero-order valence-corrected chi connectivity index (χ0v) is 16.1. The van der Waals surface area contributed by atoms with Crippen LogP contribution in [-0.2, 0) is 20.6 Å². The lowest BCUT2D eigenvalue weighted by molar-refractivity contribution is -0.118. The van der Waals surface area contributed by atoms with Gasteiger partial charge in [0, 0.05) is 20.0 Å². The number of carbonyl (C=O) groups excluding carboxylic acids is 1. The van der Waals surface area contributed by atoms with E-state index in [1.54, 1.807) is 0 Å². The highest BCUT2D eigenvalue weighted by Gasteiger charge is 2.52. The van der Waals surface area contributed by atoms with E-state index >= 15 is 0 Å². The first kappa shape index (κ1) is 19.7. The zero-order chi connectivity index (χ0) is 18.7. The molecule has 2 N–H and O–H groups in total. The molecule has 1 aliphatic heterocycles. The van der Waals surface area contributed by atoms with Crippen molar-refractivity contribution in [3.05, 3.63) is 40.9 Å². The molecule has 1 amide bonds. The fourth-order valence-corrected chi connectivity index (χ4v) is 2.57. The minimum atomic E-state index is -0.478. The highest BCUT2D eigenvalue weighted by atomic mass is 16.7. The van der Waals surface area contributed by atoms with Gasteiger partial charge in [-0.3, -0.25) is 4.79 Å². The summed E-state index contributed by atoms with van der Waals surface area (Å²) in [5.41, 5.74) is 2.34. The monoisotopic (exact) mass is 344 g/mol. The molecule has 1 fully saturated rings. The first-order valence-corrected chi connectivity index (χ1v) is 8.69. The zero-order valence-electron chi connectivity index (χ0n) is 16.1. The molecule has 0 unspecified atom stereocenters. The second kappa shape index (κ2) is 7.73. The van der Waals surface area contributed by atoms with E-state index in [-0.39, 0.29) is 5.91 Å². The standard InChI is InChI=1S/C19H29BN2O3/c1-14(23)22-13-17(20-24-18(2,3)19(4,5)25-20)11-15-7-9-16(10-8-15)12-21-6/h7-11,21H,12-13H2,1-6H3,(H,22,23). The van der Waals surface area contributed by atoms with Crippen molar-refractivity contribution in [1.29, 1.82) is 0 Å². The molecule has 2 rings (SSSR count). The SMILES string of the molecule is CNCc1ccc(C=C(CNC(C)=O)B2OC(C)(C)C(C)(C)O2)cc1. The summed E-state index contributed by atoms with van der Waals surface area (Å²) in [4.78, 5) is 11.4. The summed E-state index contributed by atoms with van der Waals surface area (Å²) in [5.74, 6) is -0.0771. The molecule has 136 valence electrons. The molecular weight excluding hydrogens is 315 g/mol. The highest BCUT2D eigenvalue weighted by Crippen LogP contribution is 2.38. The van der Waals surface area contributed by atoms with Crippen LogP contribution in [0, 0.1) is 0 Å². The van der Waals surface area contributed by atoms with Crippen LogP contribution in [0.15, 0.2) is 29.7 Å². The molecule has 1 aliphatic rings. The van der Waals surface area contributed by atoms with Gasteiger partial charge in [0.25, 0.3) is 0 Å². The van der Waals surface area contributed by atoms with E-state index in [4.69, 9.17) is 9.31 Å². The Morgan fingerprint density at radius 3 is 2.16 bits per heavy atom. The van der Waals surface area contributed by atoms with Crippen molar-refractivity contribution in [2.75, 3.05) is 13.6 Å². The maximum absolute atomic E-state index is 11.4. The van der Waals surface area contributed by atoms with Crippen LogP contribution in [0.3, 0.4) is 0 Å². The number of amides is 1. The highest BCUT2D eigenvalue weighted by molar-refractivity contribution is 6.56. The lowest BCUT2D eigenvalue weighted by Gasteiger charge is -2.32. The summed E-state index contributed by atoms with van der Waals surface area (Å²) in [6.07, 6.45) is 2.03. The summed E-state index contributed by atoms with van der Waals surface area (Å²) in [6.45, 7) is 10.8. The van der Waals surface area contributed by atoms with E-state index in [0.29, 0.717) is 6.54 Å². The van der Waals surface area contributed by atoms with Crippen molar-refractivity contribution < 1.29 is 14.1 Å². The quantitative estimate of drug-likeness (QED) is 0.779. The molecule has 0 saturated carbocycles. The summed E-state index contributed by atoms with van der Waals surface area (Å²) < 4.78 is 12.3. The number of nitrogens with one attached hydrogen (secondary N) is 2. The van der Waals surface area contributed by atoms with Crippen molar-refractivity contribution >= 4 is 19.1 Å². The number of hydrogen-bond acceptors (Lipinski definition) is 4. The maximum atomic E-state index is 11.4. The summed E-state index contributed by atoms with van der Waals surface area (Å²) >= 11 is 0. The predicted molar refractivity (Wildman–Crippen MR) is 102 cm³/mol. The molecule has 1 heterocycles. The molecule has 6 heteroatoms. The van der Waals surface area contributed by atoms with Gasteiger partial charge in [-0.25, -0.2) is 0 Å². The summed E-state index contributed by atoms with van der Waals surface area (Å²) in [7, 11) is 1.45. The molecule has 0 bridgehead atoms. The van der Waals surface area contributed by atoms with Crippen molar-refractivity contribution in [3.8, 4) is 0 Å². The molecule has 0 aliphatic carbocycles. The Bertz CT molecular complexity index is 623. The topological polar surface area (TPSA) is 59.6 Å². The third-order valence-electron chi connectivity index (χ3n) is 4.81. The van der Waals surface area contributed by atoms with E-state index in [9.17, 15) is 4.79 Å². The second-order valence-electron chi connectivity index (χ2n) is 7.49. The first-order chi connectivity index (χ1) is 11.6. The lowest BCUT2D eigenvalue weighted by atomic mass is 9.77. The molecule has 0 aromatic heterocycles. The minimum absolute atomic E-state index is 0.0771. The van der Waals surface area contributed by atoms with Gasteiger partial charge in [-0.15, -0.1) is 0 Å². The molecule has 5 nitrogen and oxygen atoms in total. The van der Waals surface area contributed by atoms with Crippen molar-refractivity contribution in [2.45, 2.75) is 52.4 Å². The van der Waals surface area contributed by atoms with E-state index in [1.807, 2.05) is 40.8 Å². The van der Waals surface area contributed by atoms with Gasteiger partial charge in [0.1, 0.15) is 0 Å². The van der Waals surface area contributed by atoms with Crippen LogP contribution >= 0.6 is 0 Å². The van der Waals surface area contributed by atoms with Gasteiger partial charge in [0.15, 0.2) is 0 Å². The van der Waals surface area contributed by atoms with Gasteiger partial charge in [-0.05, 0) is 51.3 Å². The van der Waals surface area contributed by atoms with Gasteiger partial charge in [-0.1, -0.05) is 30.3 Å². The van der Waals surface area contributed by atoms with Crippen molar-refractivity contribution in [1.82, 2.24) is 10.6 Å². The number of benzene rings is 1. The van der Waals surface area contributed by atoms with Crippen molar-refractivity contribution in [3.63, 3.8) is 0 Å². The molecule has 1 aromatic rings. The first-order valence-electron chi connectivity index (χ1n) is 8.69. The van der Waals surface area contributed by atoms with Crippen LogP contribution in [0.1, 0.15) is 45.7 Å². The van der Waals surface area contributed by atoms with Crippen LogP contribution in [-0.4, -0.2) is 37.8 Å². The number of rotatable bonds is 6. The Hall–Kier alpha value is -1.63. The van der Waals surface area contributed by atoms with Crippen molar-refractivity contribution in [2.24, 2.45) is 0 Å². The van der Waals surface area contributed by atoms with E-state index in [1.165, 1.54) is 12.5 Å². The molecule has 1 aromatic carbocycles. The van der Waals surface area contributed by atoms with E-state index in [2.05, 4.69) is 34.9 Å². The molecule has 0 radical (unpaired) electrons. The van der Waals surface area contributed by atoms with Gasteiger partial charge >= 0.3 is 7.12 Å².